The van der Waals surface area contributed by atoms with Gasteiger partial charge in [-0.3, -0.25) is 9.11 Å². The van der Waals surface area contributed by atoms with Crippen LogP contribution in [0.1, 0.15) is 0 Å². The van der Waals surface area contributed by atoms with Crippen molar-refractivity contribution in [1.29, 1.82) is 0 Å². The Hall–Kier alpha value is -1.73. The van der Waals surface area contributed by atoms with Gasteiger partial charge in [0.1, 0.15) is 16.4 Å². The van der Waals surface area contributed by atoms with Crippen molar-refractivity contribution in [3.63, 3.8) is 0 Å². The number of rotatable bonds is 2. The Kier molecular flexibility index (Phi) is 3.54. The summed E-state index contributed by atoms with van der Waals surface area (Å²) in [7, 11) is -2.99. The predicted molar refractivity (Wildman–Crippen MR) is 80.6 cm³/mol. The number of benzene rings is 2. The van der Waals surface area contributed by atoms with E-state index < -0.39 is 10.8 Å². The molecular formula is C14H16N2O3S. The molecule has 6 heteroatoms. The van der Waals surface area contributed by atoms with Crippen molar-refractivity contribution in [3.8, 4) is 11.5 Å². The standard InChI is InChI=1S/C14H16N2O3S/c17-20(18)14-10-12(19-11-4-2-1-3-5-11)6-7-13(14)15-8-9-16-20/h1-7,10,15-18H,8-9H2. The monoisotopic (exact) mass is 292 g/mol. The zero-order valence-electron chi connectivity index (χ0n) is 10.7. The second-order valence-corrected chi connectivity index (χ2v) is 6.27. The van der Waals surface area contributed by atoms with Crippen LogP contribution >= 0.6 is 10.8 Å². The van der Waals surface area contributed by atoms with Gasteiger partial charge in [0.15, 0.2) is 0 Å². The Morgan fingerprint density at radius 2 is 1.75 bits per heavy atom. The molecule has 20 heavy (non-hydrogen) atoms. The summed E-state index contributed by atoms with van der Waals surface area (Å²) >= 11 is 0. The minimum absolute atomic E-state index is 0.434. The molecule has 0 aliphatic carbocycles. The number of ether oxygens (including phenoxy) is 1. The first-order valence-electron chi connectivity index (χ1n) is 6.29. The van der Waals surface area contributed by atoms with Crippen LogP contribution in [0.3, 0.4) is 0 Å². The van der Waals surface area contributed by atoms with E-state index in [2.05, 4.69) is 10.0 Å². The number of para-hydroxylation sites is 1. The third-order valence-corrected chi connectivity index (χ3v) is 4.54. The average Bonchev–Trinajstić information content (AvgIpc) is 2.59. The molecule has 0 aromatic heterocycles. The van der Waals surface area contributed by atoms with Crippen LogP contribution in [-0.4, -0.2) is 22.2 Å². The van der Waals surface area contributed by atoms with Gasteiger partial charge in [0, 0.05) is 19.2 Å². The van der Waals surface area contributed by atoms with Crippen LogP contribution in [0, 0.1) is 0 Å². The molecule has 0 saturated carbocycles. The van der Waals surface area contributed by atoms with Crippen molar-refractivity contribution >= 4 is 16.5 Å². The summed E-state index contributed by atoms with van der Waals surface area (Å²) in [4.78, 5) is 0.434. The second kappa shape index (κ2) is 5.34. The van der Waals surface area contributed by atoms with Crippen LogP contribution < -0.4 is 14.8 Å². The molecule has 0 fully saturated rings. The third kappa shape index (κ3) is 2.73. The lowest BCUT2D eigenvalue weighted by Gasteiger charge is -2.32. The van der Waals surface area contributed by atoms with Crippen molar-refractivity contribution in [2.45, 2.75) is 4.90 Å². The molecule has 3 rings (SSSR count). The van der Waals surface area contributed by atoms with E-state index in [9.17, 15) is 9.11 Å². The Balaban J connectivity index is 1.93. The number of hydrogen-bond donors (Lipinski definition) is 4. The van der Waals surface area contributed by atoms with E-state index in [4.69, 9.17) is 4.74 Å². The summed E-state index contributed by atoms with van der Waals surface area (Å²) in [5.41, 5.74) is 0.718. The Labute approximate surface area is 119 Å². The van der Waals surface area contributed by atoms with Gasteiger partial charge in [-0.2, -0.15) is 0 Å². The predicted octanol–water partition coefficient (Wildman–Crippen LogP) is 3.52. The molecule has 1 aliphatic rings. The molecule has 0 atom stereocenters. The number of anilines is 1. The van der Waals surface area contributed by atoms with Crippen LogP contribution in [-0.2, 0) is 0 Å². The summed E-state index contributed by atoms with van der Waals surface area (Å²) in [5, 5.41) is 3.15. The van der Waals surface area contributed by atoms with E-state index in [-0.39, 0.29) is 0 Å². The highest BCUT2D eigenvalue weighted by Crippen LogP contribution is 2.50. The summed E-state index contributed by atoms with van der Waals surface area (Å²) < 4.78 is 28.7. The fraction of sp³-hybridized carbons (Fsp3) is 0.143. The molecule has 0 spiro atoms. The van der Waals surface area contributed by atoms with Gasteiger partial charge in [-0.1, -0.05) is 18.2 Å². The molecule has 1 aliphatic heterocycles. The number of fused-ring (bicyclic) bond motifs is 1. The van der Waals surface area contributed by atoms with E-state index in [1.807, 2.05) is 30.3 Å². The maximum absolute atomic E-state index is 10.1. The van der Waals surface area contributed by atoms with E-state index in [0.717, 1.165) is 5.69 Å². The van der Waals surface area contributed by atoms with E-state index in [1.165, 1.54) is 0 Å². The lowest BCUT2D eigenvalue weighted by Crippen LogP contribution is -2.22. The molecule has 0 unspecified atom stereocenters. The zero-order chi connectivity index (χ0) is 14.0. The van der Waals surface area contributed by atoms with Crippen LogP contribution in [0.4, 0.5) is 5.69 Å². The fourth-order valence-corrected chi connectivity index (χ4v) is 3.31. The third-order valence-electron chi connectivity index (χ3n) is 2.98. The quantitative estimate of drug-likeness (QED) is 0.681. The Morgan fingerprint density at radius 3 is 2.55 bits per heavy atom. The van der Waals surface area contributed by atoms with Gasteiger partial charge in [-0.15, -0.1) is 10.8 Å². The van der Waals surface area contributed by atoms with Crippen LogP contribution in [0.5, 0.6) is 11.5 Å². The minimum Gasteiger partial charge on any atom is -0.457 e. The van der Waals surface area contributed by atoms with Crippen molar-refractivity contribution in [1.82, 2.24) is 4.72 Å². The molecule has 2 aromatic carbocycles. The van der Waals surface area contributed by atoms with Crippen molar-refractivity contribution in [2.24, 2.45) is 0 Å². The first kappa shape index (κ1) is 13.3. The highest BCUT2D eigenvalue weighted by atomic mass is 32.3. The van der Waals surface area contributed by atoms with Gasteiger partial charge in [0.05, 0.1) is 5.69 Å². The average molecular weight is 292 g/mol. The van der Waals surface area contributed by atoms with Gasteiger partial charge in [-0.25, -0.2) is 4.72 Å². The maximum Gasteiger partial charge on any atom is 0.129 e. The maximum atomic E-state index is 10.1. The normalized spacial score (nSPS) is 18.3. The van der Waals surface area contributed by atoms with Crippen molar-refractivity contribution in [2.75, 3.05) is 18.4 Å². The minimum atomic E-state index is -2.99. The second-order valence-electron chi connectivity index (χ2n) is 4.44. The fourth-order valence-electron chi connectivity index (χ4n) is 2.04. The summed E-state index contributed by atoms with van der Waals surface area (Å²) in [5.74, 6) is 1.28. The highest BCUT2D eigenvalue weighted by molar-refractivity contribution is 8.22. The van der Waals surface area contributed by atoms with Crippen LogP contribution in [0.15, 0.2) is 53.4 Å². The molecule has 0 bridgehead atoms. The van der Waals surface area contributed by atoms with Crippen LogP contribution in [0.2, 0.25) is 0 Å². The van der Waals surface area contributed by atoms with Crippen LogP contribution in [0.25, 0.3) is 0 Å². The molecule has 106 valence electrons. The SMILES string of the molecule is OS1(O)NCCNc2ccc(Oc3ccccc3)cc21. The smallest absolute Gasteiger partial charge is 0.129 e. The summed E-state index contributed by atoms with van der Waals surface area (Å²) in [6.45, 7) is 1.13. The van der Waals surface area contributed by atoms with E-state index in [0.29, 0.717) is 29.5 Å². The Bertz CT molecular complexity index is 605. The van der Waals surface area contributed by atoms with Crippen molar-refractivity contribution < 1.29 is 13.8 Å². The van der Waals surface area contributed by atoms with Crippen molar-refractivity contribution in [3.05, 3.63) is 48.5 Å². The number of nitrogens with one attached hydrogen (secondary N) is 2. The van der Waals surface area contributed by atoms with Gasteiger partial charge in [0.25, 0.3) is 0 Å². The lowest BCUT2D eigenvalue weighted by molar-refractivity contribution is 0.466. The van der Waals surface area contributed by atoms with E-state index in [1.54, 1.807) is 18.2 Å². The summed E-state index contributed by atoms with van der Waals surface area (Å²) in [6, 6.07) is 14.6. The zero-order valence-corrected chi connectivity index (χ0v) is 11.6. The summed E-state index contributed by atoms with van der Waals surface area (Å²) in [6.07, 6.45) is 0. The molecule has 0 radical (unpaired) electrons. The molecule has 5 nitrogen and oxygen atoms in total. The Morgan fingerprint density at radius 1 is 0.950 bits per heavy atom. The topological polar surface area (TPSA) is 73.8 Å². The lowest BCUT2D eigenvalue weighted by atomic mass is 10.3. The molecule has 2 aromatic rings. The first-order valence-corrected chi connectivity index (χ1v) is 7.83. The first-order chi connectivity index (χ1) is 9.65. The van der Waals surface area contributed by atoms with E-state index >= 15 is 0 Å². The van der Waals surface area contributed by atoms with Gasteiger partial charge < -0.3 is 10.1 Å². The van der Waals surface area contributed by atoms with Gasteiger partial charge in [0.2, 0.25) is 0 Å². The van der Waals surface area contributed by atoms with Gasteiger partial charge >= 0.3 is 0 Å². The molecular weight excluding hydrogens is 276 g/mol. The molecule has 0 saturated heterocycles. The molecule has 0 amide bonds. The molecule has 4 N–H and O–H groups in total. The molecule has 1 heterocycles. The highest BCUT2D eigenvalue weighted by Gasteiger charge is 2.22. The number of hydrogen-bond acceptors (Lipinski definition) is 5. The van der Waals surface area contributed by atoms with Gasteiger partial charge in [-0.05, 0) is 24.3 Å². The largest absolute Gasteiger partial charge is 0.457 e.